The molecule has 130 valence electrons. The van der Waals surface area contributed by atoms with Gasteiger partial charge >= 0.3 is 0 Å². The van der Waals surface area contributed by atoms with E-state index >= 15 is 0 Å². The smallest absolute Gasteiger partial charge is 0.231 e. The second kappa shape index (κ2) is 6.70. The molecule has 0 saturated carbocycles. The molecule has 1 aromatic heterocycles. The Bertz CT molecular complexity index is 794. The van der Waals surface area contributed by atoms with E-state index in [9.17, 15) is 8.42 Å². The Labute approximate surface area is 147 Å². The lowest BCUT2D eigenvalue weighted by Crippen LogP contribution is -3.12. The van der Waals surface area contributed by atoms with Crippen molar-refractivity contribution < 1.29 is 13.3 Å². The lowest BCUT2D eigenvalue weighted by Gasteiger charge is -2.29. The summed E-state index contributed by atoms with van der Waals surface area (Å²) in [6.45, 7) is 4.36. The van der Waals surface area contributed by atoms with E-state index < -0.39 is 10.0 Å². The van der Waals surface area contributed by atoms with Crippen molar-refractivity contribution in [2.45, 2.75) is 0 Å². The first-order valence-corrected chi connectivity index (χ1v) is 10.6. The van der Waals surface area contributed by atoms with Crippen molar-refractivity contribution in [3.8, 4) is 11.3 Å². The van der Waals surface area contributed by atoms with E-state index in [1.165, 1.54) is 10.6 Å². The second-order valence-electron chi connectivity index (χ2n) is 6.24. The predicted molar refractivity (Wildman–Crippen MR) is 99.6 cm³/mol. The van der Waals surface area contributed by atoms with Gasteiger partial charge in [0.05, 0.1) is 50.9 Å². The molecular formula is C16H23N4O2S2+. The lowest BCUT2D eigenvalue weighted by atomic mass is 10.1. The van der Waals surface area contributed by atoms with Crippen LogP contribution >= 0.6 is 11.3 Å². The largest absolute Gasteiger partial charge is 0.337 e. The second-order valence-corrected chi connectivity index (χ2v) is 9.09. The van der Waals surface area contributed by atoms with Crippen LogP contribution in [0.25, 0.3) is 11.3 Å². The highest BCUT2D eigenvalue weighted by Gasteiger charge is 2.19. The molecular weight excluding hydrogens is 344 g/mol. The SMILES string of the molecule is CN(c1ccc(-c2csc(N3CC[NH+](C)CC3)n2)cc1)S(C)(=O)=O. The zero-order chi connectivity index (χ0) is 17.3. The van der Waals surface area contributed by atoms with Gasteiger partial charge in [-0.15, -0.1) is 11.3 Å². The van der Waals surface area contributed by atoms with Gasteiger partial charge < -0.3 is 9.80 Å². The number of sulfonamides is 1. The van der Waals surface area contributed by atoms with Crippen molar-refractivity contribution in [1.82, 2.24) is 4.98 Å². The Morgan fingerprint density at radius 1 is 1.21 bits per heavy atom. The van der Waals surface area contributed by atoms with E-state index in [1.807, 2.05) is 24.3 Å². The Hall–Kier alpha value is -1.64. The minimum atomic E-state index is -3.24. The topological polar surface area (TPSA) is 58.0 Å². The summed E-state index contributed by atoms with van der Waals surface area (Å²) in [7, 11) is 0.541. The van der Waals surface area contributed by atoms with Crippen LogP contribution in [-0.4, -0.2) is 59.9 Å². The van der Waals surface area contributed by atoms with Gasteiger partial charge in [-0.3, -0.25) is 4.31 Å². The van der Waals surface area contributed by atoms with Crippen LogP contribution < -0.4 is 14.1 Å². The van der Waals surface area contributed by atoms with E-state index in [4.69, 9.17) is 4.98 Å². The fourth-order valence-corrected chi connectivity index (χ4v) is 4.05. The fourth-order valence-electron chi connectivity index (χ4n) is 2.66. The number of anilines is 2. The van der Waals surface area contributed by atoms with E-state index in [0.717, 1.165) is 42.6 Å². The van der Waals surface area contributed by atoms with Gasteiger partial charge in [0.25, 0.3) is 0 Å². The number of nitrogens with zero attached hydrogens (tertiary/aromatic N) is 3. The Kier molecular flexibility index (Phi) is 4.80. The van der Waals surface area contributed by atoms with Crippen molar-refractivity contribution in [2.75, 3.05) is 55.7 Å². The van der Waals surface area contributed by atoms with E-state index in [2.05, 4.69) is 17.3 Å². The highest BCUT2D eigenvalue weighted by atomic mass is 32.2. The lowest BCUT2D eigenvalue weighted by molar-refractivity contribution is -0.880. The number of benzene rings is 1. The van der Waals surface area contributed by atoms with E-state index in [0.29, 0.717) is 5.69 Å². The van der Waals surface area contributed by atoms with Crippen LogP contribution in [0.4, 0.5) is 10.8 Å². The number of piperazine rings is 1. The van der Waals surface area contributed by atoms with Gasteiger partial charge in [0.2, 0.25) is 10.0 Å². The number of hydrogen-bond acceptors (Lipinski definition) is 5. The molecule has 0 bridgehead atoms. The third kappa shape index (κ3) is 3.71. The Morgan fingerprint density at radius 2 is 1.83 bits per heavy atom. The van der Waals surface area contributed by atoms with Gasteiger partial charge in [-0.05, 0) is 12.1 Å². The Balaban J connectivity index is 1.76. The summed E-state index contributed by atoms with van der Waals surface area (Å²) in [6, 6.07) is 7.47. The number of thiazole rings is 1. The molecule has 1 aromatic carbocycles. The van der Waals surface area contributed by atoms with E-state index in [1.54, 1.807) is 23.3 Å². The monoisotopic (exact) mass is 367 g/mol. The standard InChI is InChI=1S/C16H22N4O2S2/c1-18-8-10-20(11-9-18)16-17-15(12-23-16)13-4-6-14(7-5-13)19(2)24(3,21)22/h4-7,12H,8-11H2,1-3H3/p+1. The van der Waals surface area contributed by atoms with Crippen LogP contribution in [0.3, 0.4) is 0 Å². The molecule has 2 heterocycles. The number of rotatable bonds is 4. The van der Waals surface area contributed by atoms with Crippen molar-refractivity contribution in [2.24, 2.45) is 0 Å². The van der Waals surface area contributed by atoms with Crippen molar-refractivity contribution in [1.29, 1.82) is 0 Å². The molecule has 0 spiro atoms. The maximum Gasteiger partial charge on any atom is 0.231 e. The first-order chi connectivity index (χ1) is 11.3. The van der Waals surface area contributed by atoms with Crippen LogP contribution in [0, 0.1) is 0 Å². The van der Waals surface area contributed by atoms with Gasteiger partial charge in [-0.1, -0.05) is 12.1 Å². The number of quaternary nitrogens is 1. The van der Waals surface area contributed by atoms with Gasteiger partial charge in [-0.25, -0.2) is 13.4 Å². The molecule has 0 aliphatic carbocycles. The van der Waals surface area contributed by atoms with Gasteiger partial charge in [0.1, 0.15) is 0 Å². The number of aromatic nitrogens is 1. The Morgan fingerprint density at radius 3 is 2.42 bits per heavy atom. The molecule has 1 saturated heterocycles. The first-order valence-electron chi connectivity index (χ1n) is 7.91. The first kappa shape index (κ1) is 17.2. The molecule has 8 heteroatoms. The molecule has 6 nitrogen and oxygen atoms in total. The summed E-state index contributed by atoms with van der Waals surface area (Å²) in [6.07, 6.45) is 1.20. The average molecular weight is 368 g/mol. The summed E-state index contributed by atoms with van der Waals surface area (Å²) in [5.41, 5.74) is 2.59. The highest BCUT2D eigenvalue weighted by molar-refractivity contribution is 7.92. The van der Waals surface area contributed by atoms with Crippen LogP contribution in [0.5, 0.6) is 0 Å². The minimum Gasteiger partial charge on any atom is -0.337 e. The minimum absolute atomic E-state index is 0.652. The number of likely N-dealkylation sites (N-methyl/N-ethyl adjacent to an activating group) is 1. The van der Waals surface area contributed by atoms with Crippen LogP contribution in [0.15, 0.2) is 29.6 Å². The molecule has 0 atom stereocenters. The van der Waals surface area contributed by atoms with Crippen molar-refractivity contribution in [3.63, 3.8) is 0 Å². The van der Waals surface area contributed by atoms with Crippen molar-refractivity contribution in [3.05, 3.63) is 29.6 Å². The summed E-state index contributed by atoms with van der Waals surface area (Å²) >= 11 is 1.67. The van der Waals surface area contributed by atoms with Crippen LogP contribution in [0.1, 0.15) is 0 Å². The summed E-state index contributed by atoms with van der Waals surface area (Å²) in [4.78, 5) is 8.66. The third-order valence-corrected chi connectivity index (χ3v) is 6.51. The van der Waals surface area contributed by atoms with Crippen molar-refractivity contribution >= 4 is 32.2 Å². The number of nitrogens with one attached hydrogen (secondary N) is 1. The van der Waals surface area contributed by atoms with E-state index in [-0.39, 0.29) is 0 Å². The molecule has 0 radical (unpaired) electrons. The van der Waals surface area contributed by atoms with Crippen LogP contribution in [-0.2, 0) is 10.0 Å². The zero-order valence-corrected chi connectivity index (χ0v) is 15.8. The summed E-state index contributed by atoms with van der Waals surface area (Å²) < 4.78 is 24.5. The molecule has 1 N–H and O–H groups in total. The normalized spacial score (nSPS) is 16.4. The maximum atomic E-state index is 11.6. The maximum absolute atomic E-state index is 11.6. The quantitative estimate of drug-likeness (QED) is 0.857. The average Bonchev–Trinajstić information content (AvgIpc) is 3.04. The molecule has 1 aliphatic heterocycles. The number of hydrogen-bond donors (Lipinski definition) is 1. The zero-order valence-electron chi connectivity index (χ0n) is 14.2. The van der Waals surface area contributed by atoms with Gasteiger partial charge in [0.15, 0.2) is 5.13 Å². The highest BCUT2D eigenvalue weighted by Crippen LogP contribution is 2.29. The molecule has 0 unspecified atom stereocenters. The van der Waals surface area contributed by atoms with Gasteiger partial charge in [-0.2, -0.15) is 0 Å². The van der Waals surface area contributed by atoms with Gasteiger partial charge in [0, 0.05) is 18.0 Å². The summed E-state index contributed by atoms with van der Waals surface area (Å²) in [5.74, 6) is 0. The van der Waals surface area contributed by atoms with Crippen LogP contribution in [0.2, 0.25) is 0 Å². The molecule has 1 aliphatic rings. The third-order valence-electron chi connectivity index (χ3n) is 4.40. The summed E-state index contributed by atoms with van der Waals surface area (Å²) in [5, 5.41) is 3.13. The molecule has 24 heavy (non-hydrogen) atoms. The molecule has 0 amide bonds. The fraction of sp³-hybridized carbons (Fsp3) is 0.438. The molecule has 1 fully saturated rings. The molecule has 2 aromatic rings. The predicted octanol–water partition coefficient (Wildman–Crippen LogP) is 0.541. The molecule has 3 rings (SSSR count).